The molecular weight excluding hydrogens is 258 g/mol. The Bertz CT molecular complexity index is 315. The molecule has 1 saturated heterocycles. The van der Waals surface area contributed by atoms with E-state index >= 15 is 0 Å². The number of rotatable bonds is 5. The van der Waals surface area contributed by atoms with Crippen molar-refractivity contribution in [2.45, 2.75) is 6.04 Å². The Balaban J connectivity index is 1.64. The van der Waals surface area contributed by atoms with Crippen LogP contribution < -0.4 is 10.1 Å². The van der Waals surface area contributed by atoms with Crippen molar-refractivity contribution in [1.29, 1.82) is 0 Å². The molecule has 0 unspecified atom stereocenters. The molecule has 0 spiro atoms. The highest BCUT2D eigenvalue weighted by molar-refractivity contribution is 9.10. The first-order chi connectivity index (χ1) is 7.34. The Hall–Kier alpha value is -0.580. The van der Waals surface area contributed by atoms with Crippen molar-refractivity contribution in [3.05, 3.63) is 28.7 Å². The van der Waals surface area contributed by atoms with Gasteiger partial charge in [-0.05, 0) is 18.2 Å². The molecule has 0 aromatic heterocycles. The van der Waals surface area contributed by atoms with Crippen molar-refractivity contribution in [3.8, 4) is 5.75 Å². The van der Waals surface area contributed by atoms with E-state index in [-0.39, 0.29) is 0 Å². The lowest BCUT2D eigenvalue weighted by atomic mass is 10.2. The molecular formula is C11H14BrNO2. The Labute approximate surface area is 97.9 Å². The Morgan fingerprint density at radius 3 is 3.00 bits per heavy atom. The number of hydrogen-bond donors (Lipinski definition) is 1. The lowest BCUT2D eigenvalue weighted by Gasteiger charge is -2.26. The maximum atomic E-state index is 5.57. The van der Waals surface area contributed by atoms with Gasteiger partial charge in [0, 0.05) is 11.0 Å². The summed E-state index contributed by atoms with van der Waals surface area (Å²) in [6.07, 6.45) is 0. The number of nitrogens with one attached hydrogen (secondary N) is 1. The van der Waals surface area contributed by atoms with Gasteiger partial charge in [-0.2, -0.15) is 0 Å². The zero-order valence-corrected chi connectivity index (χ0v) is 10.00. The Kier molecular flexibility index (Phi) is 4.00. The van der Waals surface area contributed by atoms with Crippen molar-refractivity contribution in [2.24, 2.45) is 0 Å². The highest BCUT2D eigenvalue weighted by Crippen LogP contribution is 2.17. The van der Waals surface area contributed by atoms with Gasteiger partial charge in [0.15, 0.2) is 0 Å². The highest BCUT2D eigenvalue weighted by Gasteiger charge is 2.16. The second-order valence-electron chi connectivity index (χ2n) is 3.49. The molecule has 1 aliphatic heterocycles. The molecule has 1 N–H and O–H groups in total. The number of halogens is 1. The molecule has 1 aromatic rings. The van der Waals surface area contributed by atoms with Crippen LogP contribution in [-0.4, -0.2) is 32.4 Å². The van der Waals surface area contributed by atoms with Crippen LogP contribution in [0.5, 0.6) is 5.75 Å². The van der Waals surface area contributed by atoms with Gasteiger partial charge in [-0.25, -0.2) is 0 Å². The normalized spacial score (nSPS) is 16.1. The fourth-order valence-electron chi connectivity index (χ4n) is 1.34. The first-order valence-electron chi connectivity index (χ1n) is 5.04. The van der Waals surface area contributed by atoms with Gasteiger partial charge in [-0.1, -0.05) is 22.0 Å². The highest BCUT2D eigenvalue weighted by atomic mass is 79.9. The summed E-state index contributed by atoms with van der Waals surface area (Å²) in [7, 11) is 0. The van der Waals surface area contributed by atoms with E-state index in [1.807, 2.05) is 24.3 Å². The summed E-state index contributed by atoms with van der Waals surface area (Å²) in [5, 5.41) is 3.34. The monoisotopic (exact) mass is 271 g/mol. The molecule has 82 valence electrons. The zero-order chi connectivity index (χ0) is 10.5. The summed E-state index contributed by atoms with van der Waals surface area (Å²) in [6.45, 7) is 3.21. The maximum Gasteiger partial charge on any atom is 0.120 e. The van der Waals surface area contributed by atoms with Crippen LogP contribution in [0.3, 0.4) is 0 Å². The molecule has 0 bridgehead atoms. The molecule has 1 aliphatic rings. The lowest BCUT2D eigenvalue weighted by Crippen LogP contribution is -2.47. The molecule has 1 fully saturated rings. The second-order valence-corrected chi connectivity index (χ2v) is 4.41. The third kappa shape index (κ3) is 3.48. The summed E-state index contributed by atoms with van der Waals surface area (Å²) in [4.78, 5) is 0. The van der Waals surface area contributed by atoms with Crippen LogP contribution in [0, 0.1) is 0 Å². The van der Waals surface area contributed by atoms with Gasteiger partial charge in [-0.15, -0.1) is 0 Å². The van der Waals surface area contributed by atoms with Gasteiger partial charge in [0.2, 0.25) is 0 Å². The molecule has 0 amide bonds. The van der Waals surface area contributed by atoms with Crippen LogP contribution in [0.25, 0.3) is 0 Å². The third-order valence-corrected chi connectivity index (χ3v) is 2.73. The molecule has 0 atom stereocenters. The van der Waals surface area contributed by atoms with Gasteiger partial charge < -0.3 is 14.8 Å². The molecule has 15 heavy (non-hydrogen) atoms. The first kappa shape index (κ1) is 10.9. The minimum atomic E-state index is 0.524. The number of benzene rings is 1. The third-order valence-electron chi connectivity index (χ3n) is 2.24. The first-order valence-corrected chi connectivity index (χ1v) is 5.83. The molecule has 0 aliphatic carbocycles. The molecule has 2 rings (SSSR count). The standard InChI is InChI=1S/C11H14BrNO2/c12-9-2-1-3-11(6-9)15-5-4-13-10-7-14-8-10/h1-3,6,10,13H,4-5,7-8H2. The number of hydrogen-bond acceptors (Lipinski definition) is 3. The van der Waals surface area contributed by atoms with Crippen LogP contribution in [0.15, 0.2) is 28.7 Å². The van der Waals surface area contributed by atoms with Crippen molar-refractivity contribution >= 4 is 15.9 Å². The molecule has 4 heteroatoms. The Morgan fingerprint density at radius 1 is 1.47 bits per heavy atom. The quantitative estimate of drug-likeness (QED) is 0.829. The van der Waals surface area contributed by atoms with E-state index in [0.29, 0.717) is 12.6 Å². The minimum Gasteiger partial charge on any atom is -0.492 e. The predicted molar refractivity (Wildman–Crippen MR) is 62.2 cm³/mol. The van der Waals surface area contributed by atoms with Crippen LogP contribution in [0.2, 0.25) is 0 Å². The van der Waals surface area contributed by atoms with Gasteiger partial charge in [-0.3, -0.25) is 0 Å². The van der Waals surface area contributed by atoms with Crippen molar-refractivity contribution in [1.82, 2.24) is 5.32 Å². The summed E-state index contributed by atoms with van der Waals surface area (Å²) < 4.78 is 11.7. The van der Waals surface area contributed by atoms with Gasteiger partial charge in [0.05, 0.1) is 19.3 Å². The second kappa shape index (κ2) is 5.49. The maximum absolute atomic E-state index is 5.57. The topological polar surface area (TPSA) is 30.5 Å². The molecule has 1 aromatic carbocycles. The summed E-state index contributed by atoms with van der Waals surface area (Å²) >= 11 is 3.40. The van der Waals surface area contributed by atoms with Crippen LogP contribution >= 0.6 is 15.9 Å². The largest absolute Gasteiger partial charge is 0.492 e. The lowest BCUT2D eigenvalue weighted by molar-refractivity contribution is -0.00595. The smallest absolute Gasteiger partial charge is 0.120 e. The van der Waals surface area contributed by atoms with Crippen LogP contribution in [0.1, 0.15) is 0 Å². The average molecular weight is 272 g/mol. The summed E-state index contributed by atoms with van der Waals surface area (Å²) in [5.41, 5.74) is 0. The summed E-state index contributed by atoms with van der Waals surface area (Å²) in [5.74, 6) is 0.899. The minimum absolute atomic E-state index is 0.524. The molecule has 0 radical (unpaired) electrons. The predicted octanol–water partition coefficient (Wildman–Crippen LogP) is 1.82. The van der Waals surface area contributed by atoms with E-state index in [4.69, 9.17) is 9.47 Å². The fourth-order valence-corrected chi connectivity index (χ4v) is 1.72. The summed E-state index contributed by atoms with van der Waals surface area (Å²) in [6, 6.07) is 8.39. The van der Waals surface area contributed by atoms with Gasteiger partial charge in [0.25, 0.3) is 0 Å². The Morgan fingerprint density at radius 2 is 2.33 bits per heavy atom. The molecule has 1 heterocycles. The van der Waals surface area contributed by atoms with Gasteiger partial charge >= 0.3 is 0 Å². The fraction of sp³-hybridized carbons (Fsp3) is 0.455. The van der Waals surface area contributed by atoms with Crippen molar-refractivity contribution in [3.63, 3.8) is 0 Å². The van der Waals surface area contributed by atoms with Crippen molar-refractivity contribution < 1.29 is 9.47 Å². The van der Waals surface area contributed by atoms with E-state index in [1.165, 1.54) is 0 Å². The zero-order valence-electron chi connectivity index (χ0n) is 8.41. The van der Waals surface area contributed by atoms with E-state index < -0.39 is 0 Å². The molecule has 0 saturated carbocycles. The molecule has 3 nitrogen and oxygen atoms in total. The van der Waals surface area contributed by atoms with Crippen LogP contribution in [0.4, 0.5) is 0 Å². The van der Waals surface area contributed by atoms with E-state index in [1.54, 1.807) is 0 Å². The van der Waals surface area contributed by atoms with E-state index in [9.17, 15) is 0 Å². The van der Waals surface area contributed by atoms with Crippen LogP contribution in [-0.2, 0) is 4.74 Å². The van der Waals surface area contributed by atoms with E-state index in [0.717, 1.165) is 30.0 Å². The van der Waals surface area contributed by atoms with Crippen molar-refractivity contribution in [2.75, 3.05) is 26.4 Å². The number of ether oxygens (including phenoxy) is 2. The van der Waals surface area contributed by atoms with E-state index in [2.05, 4.69) is 21.2 Å². The SMILES string of the molecule is Brc1cccc(OCCNC2COC2)c1. The van der Waals surface area contributed by atoms with Gasteiger partial charge in [0.1, 0.15) is 12.4 Å². The average Bonchev–Trinajstić information content (AvgIpc) is 2.15.